The van der Waals surface area contributed by atoms with Crippen molar-refractivity contribution < 1.29 is 0 Å². The van der Waals surface area contributed by atoms with Gasteiger partial charge in [0.15, 0.2) is 0 Å². The lowest BCUT2D eigenvalue weighted by molar-refractivity contribution is 0.154. The first-order valence-corrected chi connectivity index (χ1v) is 7.00. The molecule has 1 saturated carbocycles. The Morgan fingerprint density at radius 2 is 1.73 bits per heavy atom. The zero-order valence-corrected chi connectivity index (χ0v) is 10.5. The van der Waals surface area contributed by atoms with Crippen molar-refractivity contribution in [3.8, 4) is 0 Å². The van der Waals surface area contributed by atoms with E-state index >= 15 is 0 Å². The van der Waals surface area contributed by atoms with Crippen LogP contribution in [0.1, 0.15) is 52.4 Å². The molecule has 1 aliphatic heterocycles. The van der Waals surface area contributed by atoms with Crippen molar-refractivity contribution in [2.24, 2.45) is 23.7 Å². The third-order valence-electron chi connectivity index (χ3n) is 4.74. The van der Waals surface area contributed by atoms with Gasteiger partial charge in [-0.3, -0.25) is 0 Å². The van der Waals surface area contributed by atoms with Crippen LogP contribution < -0.4 is 5.32 Å². The predicted octanol–water partition coefficient (Wildman–Crippen LogP) is 3.45. The molecule has 0 radical (unpaired) electrons. The highest BCUT2D eigenvalue weighted by Crippen LogP contribution is 2.37. The van der Waals surface area contributed by atoms with Crippen molar-refractivity contribution in [1.29, 1.82) is 0 Å². The van der Waals surface area contributed by atoms with E-state index in [1.807, 2.05) is 0 Å². The van der Waals surface area contributed by atoms with Gasteiger partial charge in [0, 0.05) is 0 Å². The molecule has 15 heavy (non-hydrogen) atoms. The lowest BCUT2D eigenvalue weighted by Gasteiger charge is -2.37. The SMILES string of the molecule is CCC1CCC(C2CNCC(C)C2)CC1. The fourth-order valence-corrected chi connectivity index (χ4v) is 3.63. The highest BCUT2D eigenvalue weighted by atomic mass is 14.9. The molecule has 0 bridgehead atoms. The van der Waals surface area contributed by atoms with Crippen molar-refractivity contribution in [1.82, 2.24) is 5.32 Å². The quantitative estimate of drug-likeness (QED) is 0.734. The van der Waals surface area contributed by atoms with E-state index in [0.29, 0.717) is 0 Å². The van der Waals surface area contributed by atoms with Gasteiger partial charge in [-0.1, -0.05) is 33.1 Å². The second-order valence-electron chi connectivity index (χ2n) is 5.95. The number of hydrogen-bond acceptors (Lipinski definition) is 1. The molecule has 2 aliphatic rings. The molecule has 0 aromatic heterocycles. The van der Waals surface area contributed by atoms with Gasteiger partial charge in [0.2, 0.25) is 0 Å². The number of hydrogen-bond donors (Lipinski definition) is 1. The summed E-state index contributed by atoms with van der Waals surface area (Å²) in [6.45, 7) is 7.30. The molecule has 0 amide bonds. The van der Waals surface area contributed by atoms with Crippen molar-refractivity contribution >= 4 is 0 Å². The molecule has 2 unspecified atom stereocenters. The molecule has 1 nitrogen and oxygen atoms in total. The van der Waals surface area contributed by atoms with Gasteiger partial charge in [-0.05, 0) is 56.0 Å². The first-order chi connectivity index (χ1) is 7.29. The highest BCUT2D eigenvalue weighted by Gasteiger charge is 2.29. The summed E-state index contributed by atoms with van der Waals surface area (Å²) < 4.78 is 0. The van der Waals surface area contributed by atoms with Crippen LogP contribution in [0.5, 0.6) is 0 Å². The van der Waals surface area contributed by atoms with Crippen LogP contribution in [0.4, 0.5) is 0 Å². The summed E-state index contributed by atoms with van der Waals surface area (Å²) >= 11 is 0. The summed E-state index contributed by atoms with van der Waals surface area (Å²) in [5.74, 6) is 4.00. The van der Waals surface area contributed by atoms with Crippen molar-refractivity contribution in [3.63, 3.8) is 0 Å². The largest absolute Gasteiger partial charge is 0.316 e. The minimum atomic E-state index is 0.910. The van der Waals surface area contributed by atoms with Crippen LogP contribution in [0.3, 0.4) is 0 Å². The first-order valence-electron chi connectivity index (χ1n) is 7.00. The minimum absolute atomic E-state index is 0.910. The zero-order chi connectivity index (χ0) is 10.7. The second kappa shape index (κ2) is 5.34. The highest BCUT2D eigenvalue weighted by molar-refractivity contribution is 4.82. The summed E-state index contributed by atoms with van der Waals surface area (Å²) in [6.07, 6.45) is 8.92. The van der Waals surface area contributed by atoms with Gasteiger partial charge >= 0.3 is 0 Å². The topological polar surface area (TPSA) is 12.0 Å². The fourth-order valence-electron chi connectivity index (χ4n) is 3.63. The molecule has 0 aromatic rings. The number of piperidine rings is 1. The van der Waals surface area contributed by atoms with Gasteiger partial charge in [-0.25, -0.2) is 0 Å². The standard InChI is InChI=1S/C14H27N/c1-3-12-4-6-13(7-5-12)14-8-11(2)9-15-10-14/h11-15H,3-10H2,1-2H3. The Hall–Kier alpha value is -0.0400. The molecule has 2 rings (SSSR count). The van der Waals surface area contributed by atoms with E-state index in [-0.39, 0.29) is 0 Å². The maximum absolute atomic E-state index is 3.61. The molecule has 2 fully saturated rings. The van der Waals surface area contributed by atoms with Gasteiger partial charge in [0.1, 0.15) is 0 Å². The maximum atomic E-state index is 3.61. The monoisotopic (exact) mass is 209 g/mol. The van der Waals surface area contributed by atoms with Crippen LogP contribution in [0.15, 0.2) is 0 Å². The van der Waals surface area contributed by atoms with Gasteiger partial charge in [0.25, 0.3) is 0 Å². The number of rotatable bonds is 2. The van der Waals surface area contributed by atoms with E-state index in [1.54, 1.807) is 0 Å². The average Bonchev–Trinajstić information content (AvgIpc) is 2.29. The van der Waals surface area contributed by atoms with Crippen molar-refractivity contribution in [2.75, 3.05) is 13.1 Å². The van der Waals surface area contributed by atoms with Crippen LogP contribution in [-0.4, -0.2) is 13.1 Å². The number of nitrogens with one attached hydrogen (secondary N) is 1. The van der Waals surface area contributed by atoms with E-state index in [9.17, 15) is 0 Å². The Labute approximate surface area is 95.0 Å². The Balaban J connectivity index is 1.79. The summed E-state index contributed by atoms with van der Waals surface area (Å²) in [6, 6.07) is 0. The lowest BCUT2D eigenvalue weighted by atomic mass is 9.72. The Kier molecular flexibility index (Phi) is 4.07. The molecular formula is C14H27N. The molecule has 1 N–H and O–H groups in total. The Bertz CT molecular complexity index is 182. The third-order valence-corrected chi connectivity index (χ3v) is 4.74. The molecule has 88 valence electrons. The van der Waals surface area contributed by atoms with E-state index in [4.69, 9.17) is 0 Å². The van der Waals surface area contributed by atoms with E-state index in [1.165, 1.54) is 51.6 Å². The fraction of sp³-hybridized carbons (Fsp3) is 1.00. The summed E-state index contributed by atoms with van der Waals surface area (Å²) in [7, 11) is 0. The predicted molar refractivity (Wildman–Crippen MR) is 65.9 cm³/mol. The van der Waals surface area contributed by atoms with Gasteiger partial charge < -0.3 is 5.32 Å². The Morgan fingerprint density at radius 3 is 2.33 bits per heavy atom. The van der Waals surface area contributed by atoms with E-state index < -0.39 is 0 Å². The summed E-state index contributed by atoms with van der Waals surface area (Å²) in [4.78, 5) is 0. The molecule has 1 aliphatic carbocycles. The average molecular weight is 209 g/mol. The second-order valence-corrected chi connectivity index (χ2v) is 5.95. The van der Waals surface area contributed by atoms with Crippen LogP contribution in [0.2, 0.25) is 0 Å². The molecule has 0 aromatic carbocycles. The maximum Gasteiger partial charge on any atom is -0.00176 e. The lowest BCUT2D eigenvalue weighted by Crippen LogP contribution is -2.39. The smallest absolute Gasteiger partial charge is 0.00176 e. The summed E-state index contributed by atoms with van der Waals surface area (Å²) in [5.41, 5.74) is 0. The normalized spacial score (nSPS) is 42.8. The summed E-state index contributed by atoms with van der Waals surface area (Å²) in [5, 5.41) is 3.61. The molecule has 1 heterocycles. The molecule has 0 spiro atoms. The van der Waals surface area contributed by atoms with Crippen molar-refractivity contribution in [2.45, 2.75) is 52.4 Å². The van der Waals surface area contributed by atoms with Crippen LogP contribution in [-0.2, 0) is 0 Å². The van der Waals surface area contributed by atoms with Crippen molar-refractivity contribution in [3.05, 3.63) is 0 Å². The minimum Gasteiger partial charge on any atom is -0.316 e. The van der Waals surface area contributed by atoms with E-state index in [2.05, 4.69) is 19.2 Å². The Morgan fingerprint density at radius 1 is 1.00 bits per heavy atom. The van der Waals surface area contributed by atoms with Gasteiger partial charge in [-0.2, -0.15) is 0 Å². The zero-order valence-electron chi connectivity index (χ0n) is 10.5. The van der Waals surface area contributed by atoms with Crippen LogP contribution >= 0.6 is 0 Å². The van der Waals surface area contributed by atoms with E-state index in [0.717, 1.165) is 23.7 Å². The van der Waals surface area contributed by atoms with Crippen LogP contribution in [0, 0.1) is 23.7 Å². The molecule has 1 saturated heterocycles. The molecule has 2 atom stereocenters. The third kappa shape index (κ3) is 2.96. The first kappa shape index (κ1) is 11.4. The van der Waals surface area contributed by atoms with Crippen LogP contribution in [0.25, 0.3) is 0 Å². The van der Waals surface area contributed by atoms with Gasteiger partial charge in [-0.15, -0.1) is 0 Å². The molecule has 1 heteroatoms. The molecular weight excluding hydrogens is 182 g/mol. The van der Waals surface area contributed by atoms with Gasteiger partial charge in [0.05, 0.1) is 0 Å².